The number of hydrogen-bond donors (Lipinski definition) is 2. The highest BCUT2D eigenvalue weighted by Gasteiger charge is 2.21. The molecule has 0 fully saturated rings. The monoisotopic (exact) mass is 266 g/mol. The van der Waals surface area contributed by atoms with E-state index in [0.717, 1.165) is 13.2 Å². The highest BCUT2D eigenvalue weighted by Crippen LogP contribution is 2.26. The third-order valence-electron chi connectivity index (χ3n) is 2.34. The molecule has 0 heterocycles. The molecule has 0 radical (unpaired) electrons. The Bertz CT molecular complexity index is 506. The van der Waals surface area contributed by atoms with Gasteiger partial charge in [-0.1, -0.05) is 12.1 Å². The normalized spacial score (nSPS) is 12.2. The van der Waals surface area contributed by atoms with Crippen LogP contribution in [0.2, 0.25) is 0 Å². The van der Waals surface area contributed by atoms with E-state index in [1.165, 1.54) is 25.3 Å². The van der Waals surface area contributed by atoms with Crippen LogP contribution in [0, 0.1) is 0 Å². The molecule has 0 saturated carbocycles. The highest BCUT2D eigenvalue weighted by atomic mass is 16.5. The van der Waals surface area contributed by atoms with E-state index in [1.54, 1.807) is 6.07 Å². The molecule has 1 atom stereocenters. The summed E-state index contributed by atoms with van der Waals surface area (Å²) in [6.45, 7) is 0. The molecule has 1 aromatic rings. The first-order valence-corrected chi connectivity index (χ1v) is 5.34. The second kappa shape index (κ2) is 6.55. The Morgan fingerprint density at radius 2 is 2.00 bits per heavy atom. The van der Waals surface area contributed by atoms with Gasteiger partial charge in [-0.25, -0.2) is 4.79 Å². The summed E-state index contributed by atoms with van der Waals surface area (Å²) in [6, 6.07) is 4.45. The number of ketones is 1. The Balaban J connectivity index is 2.82. The van der Waals surface area contributed by atoms with Gasteiger partial charge in [0, 0.05) is 0 Å². The predicted molar refractivity (Wildman–Crippen MR) is 66.7 cm³/mol. The maximum Gasteiger partial charge on any atom is 0.342 e. The van der Waals surface area contributed by atoms with Gasteiger partial charge in [-0.3, -0.25) is 4.79 Å². The molecule has 19 heavy (non-hydrogen) atoms. The van der Waals surface area contributed by atoms with Crippen molar-refractivity contribution >= 4 is 17.8 Å². The van der Waals surface area contributed by atoms with Crippen LogP contribution in [-0.4, -0.2) is 42.3 Å². The number of aromatic hydroxyl groups is 1. The van der Waals surface area contributed by atoms with Crippen molar-refractivity contribution in [2.24, 2.45) is 0 Å². The van der Waals surface area contributed by atoms with E-state index in [9.17, 15) is 19.8 Å². The fraction of sp³-hybridized carbons (Fsp3) is 0.231. The summed E-state index contributed by atoms with van der Waals surface area (Å²) in [4.78, 5) is 22.3. The van der Waals surface area contributed by atoms with E-state index in [1.807, 2.05) is 0 Å². The lowest BCUT2D eigenvalue weighted by Crippen LogP contribution is -2.29. The second-order valence-electron chi connectivity index (χ2n) is 3.59. The Morgan fingerprint density at radius 3 is 2.58 bits per heavy atom. The lowest BCUT2D eigenvalue weighted by atomic mass is 10.1. The molecule has 0 aromatic heterocycles. The Kier molecular flexibility index (Phi) is 5.08. The van der Waals surface area contributed by atoms with Crippen LogP contribution in [0.5, 0.6) is 11.5 Å². The third-order valence-corrected chi connectivity index (χ3v) is 2.34. The van der Waals surface area contributed by atoms with Gasteiger partial charge in [0.25, 0.3) is 0 Å². The van der Waals surface area contributed by atoms with Crippen molar-refractivity contribution in [3.63, 3.8) is 0 Å². The molecule has 1 aromatic carbocycles. The molecule has 0 aliphatic rings. The average Bonchev–Trinajstić information content (AvgIpc) is 2.44. The summed E-state index contributed by atoms with van der Waals surface area (Å²) < 4.78 is 9.14. The molecule has 1 unspecified atom stereocenters. The van der Waals surface area contributed by atoms with Crippen molar-refractivity contribution in [2.75, 3.05) is 14.2 Å². The van der Waals surface area contributed by atoms with E-state index in [4.69, 9.17) is 4.74 Å². The highest BCUT2D eigenvalue weighted by molar-refractivity contribution is 6.09. The molecule has 1 rings (SSSR count). The summed E-state index contributed by atoms with van der Waals surface area (Å²) in [5.74, 6) is -1.58. The smallest absolute Gasteiger partial charge is 0.342 e. The lowest BCUT2D eigenvalue weighted by molar-refractivity contribution is -0.153. The van der Waals surface area contributed by atoms with Gasteiger partial charge in [-0.2, -0.15) is 0 Å². The van der Waals surface area contributed by atoms with Gasteiger partial charge < -0.3 is 19.7 Å². The summed E-state index contributed by atoms with van der Waals surface area (Å²) in [7, 11) is 2.47. The summed E-state index contributed by atoms with van der Waals surface area (Å²) in [5, 5.41) is 18.7. The molecule has 0 saturated heterocycles. The van der Waals surface area contributed by atoms with Crippen molar-refractivity contribution in [3.05, 3.63) is 29.8 Å². The zero-order valence-electron chi connectivity index (χ0n) is 10.5. The van der Waals surface area contributed by atoms with Gasteiger partial charge in [0.15, 0.2) is 17.3 Å². The van der Waals surface area contributed by atoms with Crippen molar-refractivity contribution in [3.8, 4) is 11.5 Å². The molecule has 0 aliphatic heterocycles. The molecule has 0 bridgehead atoms. The van der Waals surface area contributed by atoms with Gasteiger partial charge in [0.1, 0.15) is 0 Å². The van der Waals surface area contributed by atoms with Gasteiger partial charge in [0.2, 0.25) is 6.10 Å². The van der Waals surface area contributed by atoms with Crippen LogP contribution in [-0.2, 0) is 14.3 Å². The quantitative estimate of drug-likeness (QED) is 0.458. The summed E-state index contributed by atoms with van der Waals surface area (Å²) in [5.41, 5.74) is 0.570. The molecule has 6 nitrogen and oxygen atoms in total. The van der Waals surface area contributed by atoms with Crippen molar-refractivity contribution in [2.45, 2.75) is 6.10 Å². The average molecular weight is 266 g/mol. The van der Waals surface area contributed by atoms with Crippen molar-refractivity contribution in [1.82, 2.24) is 0 Å². The first-order chi connectivity index (χ1) is 8.99. The number of phenolic OH excluding ortho intramolecular Hbond substituents is 1. The standard InChI is InChI=1S/C13H14O6/c1-18-11-7-8(3-5-9(11)14)4-6-10(15)12(16)13(17)19-2/h3-7,12,14,16H,1-2H3/b6-4+. The number of benzene rings is 1. The first kappa shape index (κ1) is 14.7. The minimum Gasteiger partial charge on any atom is -0.504 e. The van der Waals surface area contributed by atoms with Crippen LogP contribution in [0.4, 0.5) is 0 Å². The number of carbonyl (C=O) groups is 2. The largest absolute Gasteiger partial charge is 0.504 e. The fourth-order valence-corrected chi connectivity index (χ4v) is 1.30. The molecule has 0 aliphatic carbocycles. The van der Waals surface area contributed by atoms with E-state index >= 15 is 0 Å². The first-order valence-electron chi connectivity index (χ1n) is 5.34. The maximum atomic E-state index is 11.4. The minimum atomic E-state index is -1.83. The number of carbonyl (C=O) groups excluding carboxylic acids is 2. The number of rotatable bonds is 5. The fourth-order valence-electron chi connectivity index (χ4n) is 1.30. The number of phenols is 1. The van der Waals surface area contributed by atoms with Crippen LogP contribution < -0.4 is 4.74 Å². The molecule has 0 spiro atoms. The Hall–Kier alpha value is -2.34. The molecular weight excluding hydrogens is 252 g/mol. The van der Waals surface area contributed by atoms with Crippen LogP contribution >= 0.6 is 0 Å². The number of esters is 1. The number of aliphatic hydroxyl groups is 1. The van der Waals surface area contributed by atoms with Crippen LogP contribution in [0.25, 0.3) is 6.08 Å². The Morgan fingerprint density at radius 1 is 1.32 bits per heavy atom. The topological polar surface area (TPSA) is 93.1 Å². The SMILES string of the molecule is COC(=O)C(O)C(=O)/C=C/c1ccc(O)c(OC)c1. The van der Waals surface area contributed by atoms with Gasteiger partial charge >= 0.3 is 5.97 Å². The van der Waals surface area contributed by atoms with E-state index in [0.29, 0.717) is 5.56 Å². The van der Waals surface area contributed by atoms with Crippen LogP contribution in [0.15, 0.2) is 24.3 Å². The van der Waals surface area contributed by atoms with Gasteiger partial charge in [-0.15, -0.1) is 0 Å². The van der Waals surface area contributed by atoms with Crippen LogP contribution in [0.3, 0.4) is 0 Å². The summed E-state index contributed by atoms with van der Waals surface area (Å²) in [6.07, 6.45) is 0.601. The van der Waals surface area contributed by atoms with E-state index < -0.39 is 17.9 Å². The summed E-state index contributed by atoms with van der Waals surface area (Å²) >= 11 is 0. The predicted octanol–water partition coefficient (Wildman–Crippen LogP) is 0.517. The minimum absolute atomic E-state index is 0.0272. The number of ether oxygens (including phenoxy) is 2. The number of aliphatic hydroxyl groups excluding tert-OH is 1. The number of methoxy groups -OCH3 is 2. The molecule has 2 N–H and O–H groups in total. The maximum absolute atomic E-state index is 11.4. The second-order valence-corrected chi connectivity index (χ2v) is 3.59. The van der Waals surface area contributed by atoms with E-state index in [2.05, 4.69) is 4.74 Å². The van der Waals surface area contributed by atoms with E-state index in [-0.39, 0.29) is 11.5 Å². The molecular formula is C13H14O6. The third kappa shape index (κ3) is 3.82. The van der Waals surface area contributed by atoms with Gasteiger partial charge in [-0.05, 0) is 23.8 Å². The zero-order valence-corrected chi connectivity index (χ0v) is 10.5. The Labute approximate surface area is 109 Å². The molecule has 0 amide bonds. The van der Waals surface area contributed by atoms with Gasteiger partial charge in [0.05, 0.1) is 14.2 Å². The molecule has 6 heteroatoms. The van der Waals surface area contributed by atoms with Crippen molar-refractivity contribution in [1.29, 1.82) is 0 Å². The van der Waals surface area contributed by atoms with Crippen molar-refractivity contribution < 1.29 is 29.3 Å². The zero-order chi connectivity index (χ0) is 14.4. The molecule has 102 valence electrons. The lowest BCUT2D eigenvalue weighted by Gasteiger charge is -2.05. The van der Waals surface area contributed by atoms with Crippen LogP contribution in [0.1, 0.15) is 5.56 Å². The number of hydrogen-bond acceptors (Lipinski definition) is 6.